The normalized spacial score (nSPS) is 11.1. The number of hydrogen-bond donors (Lipinski definition) is 1. The van der Waals surface area contributed by atoms with Crippen molar-refractivity contribution in [3.63, 3.8) is 0 Å². The average Bonchev–Trinajstić information content (AvgIpc) is 2.48. The molecule has 0 atom stereocenters. The number of nitro benzene ring substituents is 1. The van der Waals surface area contributed by atoms with Crippen LogP contribution in [0.5, 0.6) is 0 Å². The smallest absolute Gasteiger partial charge is 0.315 e. The molecule has 1 N–H and O–H groups in total. The maximum absolute atomic E-state index is 12.7. The maximum atomic E-state index is 12.7. The van der Waals surface area contributed by atoms with Crippen LogP contribution in [-0.4, -0.2) is 15.8 Å². The molecule has 0 aliphatic carbocycles. The minimum atomic E-state index is -4.81. The first-order valence-corrected chi connectivity index (χ1v) is 6.34. The first-order valence-electron chi connectivity index (χ1n) is 5.96. The zero-order valence-corrected chi connectivity index (χ0v) is 11.9. The van der Waals surface area contributed by atoms with E-state index in [1.165, 1.54) is 24.5 Å². The van der Waals surface area contributed by atoms with Gasteiger partial charge >= 0.3 is 6.18 Å². The summed E-state index contributed by atoms with van der Waals surface area (Å²) in [6.45, 7) is 0. The van der Waals surface area contributed by atoms with Gasteiger partial charge in [-0.05, 0) is 18.2 Å². The molecule has 2 aromatic rings. The summed E-state index contributed by atoms with van der Waals surface area (Å²) >= 11 is 5.68. The Kier molecular flexibility index (Phi) is 4.50. The van der Waals surface area contributed by atoms with E-state index in [9.17, 15) is 28.1 Å². The lowest BCUT2D eigenvalue weighted by Gasteiger charge is -2.12. The predicted molar refractivity (Wildman–Crippen MR) is 75.3 cm³/mol. The van der Waals surface area contributed by atoms with Gasteiger partial charge in [0, 0.05) is 18.5 Å². The number of aromatic nitrogens is 1. The number of nitro groups is 1. The monoisotopic (exact) mass is 345 g/mol. The average molecular weight is 346 g/mol. The van der Waals surface area contributed by atoms with Crippen LogP contribution >= 0.6 is 11.6 Å². The van der Waals surface area contributed by atoms with E-state index in [0.717, 1.165) is 0 Å². The highest BCUT2D eigenvalue weighted by Crippen LogP contribution is 2.39. The number of carbonyl (C=O) groups excluding carboxylic acids is 1. The van der Waals surface area contributed by atoms with Crippen molar-refractivity contribution in [1.82, 2.24) is 4.98 Å². The Labute approximate surface area is 132 Å². The fourth-order valence-corrected chi connectivity index (χ4v) is 1.97. The molecule has 0 unspecified atom stereocenters. The van der Waals surface area contributed by atoms with Crippen LogP contribution in [-0.2, 0) is 6.18 Å². The lowest BCUT2D eigenvalue weighted by Crippen LogP contribution is -2.15. The molecule has 0 radical (unpaired) electrons. The van der Waals surface area contributed by atoms with Gasteiger partial charge in [-0.25, -0.2) is 0 Å². The summed E-state index contributed by atoms with van der Waals surface area (Å²) in [5.41, 5.74) is -2.69. The van der Waals surface area contributed by atoms with Crippen molar-refractivity contribution >= 4 is 28.9 Å². The number of alkyl halides is 3. The van der Waals surface area contributed by atoms with Gasteiger partial charge in [-0.3, -0.25) is 19.9 Å². The molecule has 1 aromatic carbocycles. The summed E-state index contributed by atoms with van der Waals surface area (Å²) in [7, 11) is 0. The molecule has 0 saturated heterocycles. The molecule has 0 aliphatic rings. The van der Waals surface area contributed by atoms with Crippen molar-refractivity contribution in [3.8, 4) is 0 Å². The lowest BCUT2D eigenvalue weighted by atomic mass is 10.1. The van der Waals surface area contributed by atoms with Gasteiger partial charge in [0.05, 0.1) is 21.1 Å². The van der Waals surface area contributed by atoms with Gasteiger partial charge in [-0.1, -0.05) is 11.6 Å². The van der Waals surface area contributed by atoms with Gasteiger partial charge in [0.2, 0.25) is 0 Å². The van der Waals surface area contributed by atoms with E-state index in [4.69, 9.17) is 11.6 Å². The quantitative estimate of drug-likeness (QED) is 0.675. The van der Waals surface area contributed by atoms with Gasteiger partial charge in [-0.2, -0.15) is 13.2 Å². The molecule has 0 aliphatic heterocycles. The molecule has 6 nitrogen and oxygen atoms in total. The Morgan fingerprint density at radius 3 is 2.57 bits per heavy atom. The summed E-state index contributed by atoms with van der Waals surface area (Å²) in [5.74, 6) is -0.789. The number of halogens is 4. The molecule has 0 saturated carbocycles. The highest BCUT2D eigenvalue weighted by atomic mass is 35.5. The third-order valence-electron chi connectivity index (χ3n) is 2.76. The van der Waals surface area contributed by atoms with Gasteiger partial charge in [0.25, 0.3) is 11.6 Å². The minimum Gasteiger partial charge on any atom is -0.315 e. The number of benzene rings is 1. The fraction of sp³-hybridized carbons (Fsp3) is 0.0769. The van der Waals surface area contributed by atoms with Crippen LogP contribution in [0.3, 0.4) is 0 Å². The molecule has 1 aromatic heterocycles. The van der Waals surface area contributed by atoms with Crippen molar-refractivity contribution in [3.05, 3.63) is 62.9 Å². The van der Waals surface area contributed by atoms with E-state index in [1.807, 2.05) is 0 Å². The predicted octanol–water partition coefficient (Wildman–Crippen LogP) is 3.91. The summed E-state index contributed by atoms with van der Waals surface area (Å²) in [6.07, 6.45) is -2.20. The fourth-order valence-electron chi connectivity index (χ4n) is 1.71. The third kappa shape index (κ3) is 3.75. The molecule has 1 amide bonds. The molecule has 10 heteroatoms. The van der Waals surface area contributed by atoms with Crippen molar-refractivity contribution in [2.75, 3.05) is 5.32 Å². The Hall–Kier alpha value is -2.68. The topological polar surface area (TPSA) is 85.1 Å². The van der Waals surface area contributed by atoms with E-state index in [-0.39, 0.29) is 5.56 Å². The van der Waals surface area contributed by atoms with Crippen LogP contribution in [0.4, 0.5) is 24.5 Å². The Morgan fingerprint density at radius 2 is 2.04 bits per heavy atom. The largest absolute Gasteiger partial charge is 0.416 e. The number of amides is 1. The van der Waals surface area contributed by atoms with Crippen molar-refractivity contribution in [2.45, 2.75) is 6.18 Å². The summed E-state index contributed by atoms with van der Waals surface area (Å²) in [5, 5.41) is 12.5. The Morgan fingerprint density at radius 1 is 1.35 bits per heavy atom. The highest BCUT2D eigenvalue weighted by Gasteiger charge is 2.34. The molecule has 23 heavy (non-hydrogen) atoms. The molecule has 0 spiro atoms. The second kappa shape index (κ2) is 6.21. The molecule has 0 bridgehead atoms. The molecular weight excluding hydrogens is 339 g/mol. The molecule has 2 rings (SSSR count). The first-order chi connectivity index (χ1) is 10.7. The lowest BCUT2D eigenvalue weighted by molar-refractivity contribution is -0.384. The summed E-state index contributed by atoms with van der Waals surface area (Å²) in [4.78, 5) is 25.6. The van der Waals surface area contributed by atoms with E-state index in [0.29, 0.717) is 12.1 Å². The summed E-state index contributed by atoms with van der Waals surface area (Å²) < 4.78 is 38.1. The minimum absolute atomic E-state index is 0.0674. The van der Waals surface area contributed by atoms with Crippen LogP contribution < -0.4 is 5.32 Å². The van der Waals surface area contributed by atoms with Crippen LogP contribution in [0.1, 0.15) is 15.9 Å². The van der Waals surface area contributed by atoms with Crippen molar-refractivity contribution in [1.29, 1.82) is 0 Å². The second-order valence-electron chi connectivity index (χ2n) is 4.30. The van der Waals surface area contributed by atoms with Crippen LogP contribution in [0, 0.1) is 10.1 Å². The SMILES string of the molecule is O=C(Nc1c(Cl)cc(C(F)(F)F)cc1[N+](=O)[O-])c1cccnc1. The number of anilines is 1. The third-order valence-corrected chi connectivity index (χ3v) is 3.05. The molecule has 1 heterocycles. The van der Waals surface area contributed by atoms with E-state index >= 15 is 0 Å². The number of rotatable bonds is 3. The number of nitrogens with zero attached hydrogens (tertiary/aromatic N) is 2. The number of pyridine rings is 1. The van der Waals surface area contributed by atoms with Crippen molar-refractivity contribution < 1.29 is 22.9 Å². The van der Waals surface area contributed by atoms with Gasteiger partial charge < -0.3 is 5.32 Å². The van der Waals surface area contributed by atoms with E-state index < -0.39 is 39.0 Å². The van der Waals surface area contributed by atoms with Crippen molar-refractivity contribution in [2.24, 2.45) is 0 Å². The zero-order valence-electron chi connectivity index (χ0n) is 11.1. The zero-order chi connectivity index (χ0) is 17.2. The summed E-state index contributed by atoms with van der Waals surface area (Å²) in [6, 6.07) is 3.65. The highest BCUT2D eigenvalue weighted by molar-refractivity contribution is 6.34. The molecule has 120 valence electrons. The molecular formula is C13H7ClF3N3O3. The van der Waals surface area contributed by atoms with Gasteiger partial charge in [-0.15, -0.1) is 0 Å². The number of carbonyl (C=O) groups is 1. The first kappa shape index (κ1) is 16.7. The standard InChI is InChI=1S/C13H7ClF3N3O3/c14-9-4-8(13(15,16)17)5-10(20(22)23)11(9)19-12(21)7-2-1-3-18-6-7/h1-6H,(H,19,21). The number of hydrogen-bond acceptors (Lipinski definition) is 4. The van der Waals surface area contributed by atoms with E-state index in [2.05, 4.69) is 10.3 Å². The van der Waals surface area contributed by atoms with Gasteiger partial charge in [0.1, 0.15) is 5.69 Å². The van der Waals surface area contributed by atoms with Crippen LogP contribution in [0.2, 0.25) is 5.02 Å². The number of nitrogens with one attached hydrogen (secondary N) is 1. The molecule has 0 fully saturated rings. The van der Waals surface area contributed by atoms with Gasteiger partial charge in [0.15, 0.2) is 0 Å². The van der Waals surface area contributed by atoms with Crippen LogP contribution in [0.15, 0.2) is 36.7 Å². The Balaban J connectivity index is 2.46. The second-order valence-corrected chi connectivity index (χ2v) is 4.71. The van der Waals surface area contributed by atoms with Crippen LogP contribution in [0.25, 0.3) is 0 Å². The van der Waals surface area contributed by atoms with E-state index in [1.54, 1.807) is 0 Å². The Bertz CT molecular complexity index is 766. The maximum Gasteiger partial charge on any atom is 0.416 e.